The summed E-state index contributed by atoms with van der Waals surface area (Å²) in [5.74, 6) is 0.940. The lowest BCUT2D eigenvalue weighted by Crippen LogP contribution is -1.90. The van der Waals surface area contributed by atoms with E-state index in [1.54, 1.807) is 4.99 Å². The lowest BCUT2D eigenvalue weighted by molar-refractivity contribution is 0.157. The fourth-order valence-corrected chi connectivity index (χ4v) is 1.27. The van der Waals surface area contributed by atoms with E-state index in [2.05, 4.69) is 15.9 Å². The SMILES string of the molecule is Br/C=C1\OCC2OC12. The lowest BCUT2D eigenvalue weighted by Gasteiger charge is -1.96. The first-order valence-electron chi connectivity index (χ1n) is 2.50. The minimum atomic E-state index is 0.286. The zero-order valence-corrected chi connectivity index (χ0v) is 5.72. The topological polar surface area (TPSA) is 21.8 Å². The van der Waals surface area contributed by atoms with Gasteiger partial charge in [0.2, 0.25) is 0 Å². The molecule has 2 atom stereocenters. The summed E-state index contributed by atoms with van der Waals surface area (Å²) in [5.41, 5.74) is 0. The van der Waals surface area contributed by atoms with Crippen molar-refractivity contribution >= 4 is 15.9 Å². The van der Waals surface area contributed by atoms with Crippen LogP contribution >= 0.6 is 15.9 Å². The molecule has 2 unspecified atom stereocenters. The summed E-state index contributed by atoms with van der Waals surface area (Å²) in [6, 6.07) is 0. The van der Waals surface area contributed by atoms with Crippen LogP contribution in [0.25, 0.3) is 0 Å². The molecule has 3 heteroatoms. The zero-order chi connectivity index (χ0) is 5.56. The molecule has 2 nitrogen and oxygen atoms in total. The first kappa shape index (κ1) is 4.82. The van der Waals surface area contributed by atoms with Gasteiger partial charge in [0.1, 0.15) is 24.6 Å². The van der Waals surface area contributed by atoms with Gasteiger partial charge in [-0.2, -0.15) is 0 Å². The maximum Gasteiger partial charge on any atom is 0.145 e. The third-order valence-corrected chi connectivity index (χ3v) is 1.84. The van der Waals surface area contributed by atoms with E-state index in [9.17, 15) is 0 Å². The molecule has 2 aliphatic heterocycles. The van der Waals surface area contributed by atoms with Crippen molar-refractivity contribution in [2.24, 2.45) is 0 Å². The Morgan fingerprint density at radius 2 is 2.62 bits per heavy atom. The van der Waals surface area contributed by atoms with Crippen molar-refractivity contribution in [2.75, 3.05) is 6.61 Å². The van der Waals surface area contributed by atoms with Crippen LogP contribution in [0.2, 0.25) is 0 Å². The van der Waals surface area contributed by atoms with Crippen molar-refractivity contribution < 1.29 is 9.47 Å². The van der Waals surface area contributed by atoms with Crippen molar-refractivity contribution in [3.63, 3.8) is 0 Å². The number of hydrogen-bond donors (Lipinski definition) is 0. The van der Waals surface area contributed by atoms with Crippen molar-refractivity contribution in [3.8, 4) is 0 Å². The van der Waals surface area contributed by atoms with Gasteiger partial charge in [0.05, 0.1) is 0 Å². The zero-order valence-electron chi connectivity index (χ0n) is 4.13. The van der Waals surface area contributed by atoms with Crippen LogP contribution in [0, 0.1) is 0 Å². The minimum Gasteiger partial charge on any atom is -0.492 e. The van der Waals surface area contributed by atoms with Crippen LogP contribution < -0.4 is 0 Å². The van der Waals surface area contributed by atoms with Crippen LogP contribution in [-0.2, 0) is 9.47 Å². The molecule has 0 aliphatic carbocycles. The van der Waals surface area contributed by atoms with Crippen LogP contribution in [0.3, 0.4) is 0 Å². The van der Waals surface area contributed by atoms with Gasteiger partial charge in [0.15, 0.2) is 0 Å². The predicted molar refractivity (Wildman–Crippen MR) is 31.6 cm³/mol. The molecular weight excluding hydrogens is 172 g/mol. The first-order valence-corrected chi connectivity index (χ1v) is 3.42. The second kappa shape index (κ2) is 1.48. The minimum absolute atomic E-state index is 0.286. The predicted octanol–water partition coefficient (Wildman–Crippen LogP) is 1.02. The molecule has 2 aliphatic rings. The summed E-state index contributed by atoms with van der Waals surface area (Å²) >= 11 is 3.18. The van der Waals surface area contributed by atoms with E-state index in [0.29, 0.717) is 6.10 Å². The fourth-order valence-electron chi connectivity index (χ4n) is 0.874. The highest BCUT2D eigenvalue weighted by atomic mass is 79.9. The number of epoxide rings is 1. The summed E-state index contributed by atoms with van der Waals surface area (Å²) in [6.07, 6.45) is 0.660. The second-order valence-electron chi connectivity index (χ2n) is 1.92. The van der Waals surface area contributed by atoms with Crippen LogP contribution in [0.4, 0.5) is 0 Å². The van der Waals surface area contributed by atoms with Gasteiger partial charge in [-0.05, 0) is 0 Å². The molecule has 0 aromatic heterocycles. The van der Waals surface area contributed by atoms with Crippen LogP contribution in [0.5, 0.6) is 0 Å². The monoisotopic (exact) mass is 176 g/mol. The summed E-state index contributed by atoms with van der Waals surface area (Å²) in [5, 5.41) is 0. The normalized spacial score (nSPS) is 46.4. The molecule has 2 saturated heterocycles. The molecule has 2 fully saturated rings. The van der Waals surface area contributed by atoms with E-state index < -0.39 is 0 Å². The Hall–Kier alpha value is -0.0200. The van der Waals surface area contributed by atoms with Gasteiger partial charge in [0, 0.05) is 4.99 Å². The van der Waals surface area contributed by atoms with E-state index in [-0.39, 0.29) is 6.10 Å². The van der Waals surface area contributed by atoms with Gasteiger partial charge in [-0.3, -0.25) is 0 Å². The largest absolute Gasteiger partial charge is 0.492 e. The maximum atomic E-state index is 5.15. The Bertz CT molecular complexity index is 143. The summed E-state index contributed by atoms with van der Waals surface area (Å²) in [7, 11) is 0. The Morgan fingerprint density at radius 3 is 2.88 bits per heavy atom. The molecule has 0 saturated carbocycles. The third kappa shape index (κ3) is 0.514. The Morgan fingerprint density at radius 1 is 1.75 bits per heavy atom. The van der Waals surface area contributed by atoms with Gasteiger partial charge in [0.25, 0.3) is 0 Å². The molecule has 0 N–H and O–H groups in total. The molecule has 0 spiro atoms. The molecule has 44 valence electrons. The van der Waals surface area contributed by atoms with Gasteiger partial charge in [-0.25, -0.2) is 0 Å². The van der Waals surface area contributed by atoms with Gasteiger partial charge in [-0.1, -0.05) is 15.9 Å². The van der Waals surface area contributed by atoms with E-state index in [1.807, 2.05) is 0 Å². The molecule has 2 heterocycles. The highest BCUT2D eigenvalue weighted by Crippen LogP contribution is 2.37. The number of rotatable bonds is 0. The van der Waals surface area contributed by atoms with E-state index >= 15 is 0 Å². The third-order valence-electron chi connectivity index (χ3n) is 1.38. The van der Waals surface area contributed by atoms with Crippen molar-refractivity contribution in [2.45, 2.75) is 12.2 Å². The Kier molecular flexibility index (Phi) is 0.893. The highest BCUT2D eigenvalue weighted by Gasteiger charge is 2.49. The van der Waals surface area contributed by atoms with Gasteiger partial charge < -0.3 is 9.47 Å². The molecular formula is C5H5BrO2. The molecule has 0 amide bonds. The number of ether oxygens (including phenoxy) is 2. The smallest absolute Gasteiger partial charge is 0.145 e. The first-order chi connectivity index (χ1) is 3.92. The molecule has 0 aromatic rings. The standard InChI is InChI=1S/C5H5BrO2/c6-1-3-5-4(8-5)2-7-3/h1,4-5H,2H2/b3-1-. The quantitative estimate of drug-likeness (QED) is 0.515. The fraction of sp³-hybridized carbons (Fsp3) is 0.600. The Balaban J connectivity index is 2.17. The average molecular weight is 177 g/mol. The van der Waals surface area contributed by atoms with Gasteiger partial charge >= 0.3 is 0 Å². The number of halogens is 1. The summed E-state index contributed by atoms with van der Waals surface area (Å²) < 4.78 is 10.3. The van der Waals surface area contributed by atoms with Crippen LogP contribution in [0.15, 0.2) is 10.7 Å². The molecule has 2 rings (SSSR count). The van der Waals surface area contributed by atoms with Gasteiger partial charge in [-0.15, -0.1) is 0 Å². The van der Waals surface area contributed by atoms with Crippen LogP contribution in [0.1, 0.15) is 0 Å². The summed E-state index contributed by atoms with van der Waals surface area (Å²) in [6.45, 7) is 0.738. The highest BCUT2D eigenvalue weighted by molar-refractivity contribution is 9.11. The van der Waals surface area contributed by atoms with Crippen molar-refractivity contribution in [1.29, 1.82) is 0 Å². The molecule has 0 radical (unpaired) electrons. The number of fused-ring (bicyclic) bond motifs is 1. The van der Waals surface area contributed by atoms with Crippen molar-refractivity contribution in [1.82, 2.24) is 0 Å². The average Bonchev–Trinajstić information content (AvgIpc) is 2.46. The molecule has 0 bridgehead atoms. The Labute approximate surface area is 55.6 Å². The van der Waals surface area contributed by atoms with E-state index in [1.165, 1.54) is 0 Å². The number of hydrogen-bond acceptors (Lipinski definition) is 2. The van der Waals surface area contributed by atoms with Crippen molar-refractivity contribution in [3.05, 3.63) is 10.7 Å². The molecule has 8 heavy (non-hydrogen) atoms. The van der Waals surface area contributed by atoms with E-state index in [4.69, 9.17) is 9.47 Å². The van der Waals surface area contributed by atoms with E-state index in [0.717, 1.165) is 12.4 Å². The maximum absolute atomic E-state index is 5.15. The summed E-state index contributed by atoms with van der Waals surface area (Å²) in [4.78, 5) is 1.78. The lowest BCUT2D eigenvalue weighted by atomic mass is 10.3. The van der Waals surface area contributed by atoms with Crippen LogP contribution in [-0.4, -0.2) is 18.8 Å². The second-order valence-corrected chi connectivity index (χ2v) is 2.38. The molecule has 0 aromatic carbocycles.